The molecule has 0 unspecified atom stereocenters. The summed E-state index contributed by atoms with van der Waals surface area (Å²) in [5.41, 5.74) is -1.92. The maximum Gasteiger partial charge on any atom is 0.416 e. The normalized spacial score (nSPS) is 15.4. The Kier molecular flexibility index (Phi) is 3.62. The van der Waals surface area contributed by atoms with Crippen molar-refractivity contribution in [1.29, 1.82) is 0 Å². The molecular weight excluding hydrogens is 233 g/mol. The van der Waals surface area contributed by atoms with Gasteiger partial charge >= 0.3 is 6.18 Å². The zero-order valence-corrected chi connectivity index (χ0v) is 9.51. The third kappa shape index (κ3) is 3.56. The molecule has 1 N–H and O–H groups in total. The van der Waals surface area contributed by atoms with E-state index in [0.717, 1.165) is 12.1 Å². The fourth-order valence-electron chi connectivity index (χ4n) is 1.61. The number of benzene rings is 1. The molecule has 1 atom stereocenters. The number of ketones is 1. The molecule has 5 heteroatoms. The predicted molar refractivity (Wildman–Crippen MR) is 56.3 cm³/mol. The summed E-state index contributed by atoms with van der Waals surface area (Å²) in [6, 6.07) is 4.16. The van der Waals surface area contributed by atoms with Crippen LogP contribution >= 0.6 is 0 Å². The van der Waals surface area contributed by atoms with E-state index in [9.17, 15) is 23.1 Å². The second kappa shape index (κ2) is 4.49. The summed E-state index contributed by atoms with van der Waals surface area (Å²) in [6.07, 6.45) is -4.52. The van der Waals surface area contributed by atoms with Gasteiger partial charge in [0.1, 0.15) is 5.78 Å². The molecule has 0 heterocycles. The summed E-state index contributed by atoms with van der Waals surface area (Å²) in [5.74, 6) is -0.227. The minimum absolute atomic E-state index is 0.127. The number of halogens is 3. The van der Waals surface area contributed by atoms with Crippen LogP contribution in [0.2, 0.25) is 0 Å². The first-order valence-corrected chi connectivity index (χ1v) is 5.02. The first-order chi connectivity index (χ1) is 7.63. The van der Waals surface area contributed by atoms with Gasteiger partial charge in [-0.2, -0.15) is 13.2 Å². The molecule has 0 saturated carbocycles. The van der Waals surface area contributed by atoms with Crippen molar-refractivity contribution < 1.29 is 23.1 Å². The van der Waals surface area contributed by atoms with Gasteiger partial charge in [0, 0.05) is 6.42 Å². The first kappa shape index (κ1) is 13.7. The molecule has 0 radical (unpaired) electrons. The topological polar surface area (TPSA) is 37.3 Å². The zero-order chi connectivity index (χ0) is 13.3. The number of carbonyl (C=O) groups is 1. The average Bonchev–Trinajstić information content (AvgIpc) is 2.14. The number of rotatable bonds is 3. The fourth-order valence-corrected chi connectivity index (χ4v) is 1.61. The Morgan fingerprint density at radius 2 is 1.59 bits per heavy atom. The van der Waals surface area contributed by atoms with Gasteiger partial charge < -0.3 is 5.11 Å². The lowest BCUT2D eigenvalue weighted by molar-refractivity contribution is -0.137. The maximum atomic E-state index is 12.3. The van der Waals surface area contributed by atoms with Crippen molar-refractivity contribution in [3.05, 3.63) is 35.4 Å². The van der Waals surface area contributed by atoms with Crippen molar-refractivity contribution in [2.24, 2.45) is 0 Å². The molecule has 1 aromatic rings. The van der Waals surface area contributed by atoms with Gasteiger partial charge in [0.05, 0.1) is 11.2 Å². The van der Waals surface area contributed by atoms with Crippen LogP contribution in [0.3, 0.4) is 0 Å². The second-order valence-electron chi connectivity index (χ2n) is 4.23. The van der Waals surface area contributed by atoms with E-state index < -0.39 is 17.3 Å². The molecule has 0 saturated heterocycles. The van der Waals surface area contributed by atoms with Crippen molar-refractivity contribution in [2.75, 3.05) is 0 Å². The van der Waals surface area contributed by atoms with Gasteiger partial charge in [0.2, 0.25) is 0 Å². The highest BCUT2D eigenvalue weighted by Crippen LogP contribution is 2.31. The van der Waals surface area contributed by atoms with E-state index >= 15 is 0 Å². The third-order valence-electron chi connectivity index (χ3n) is 2.43. The van der Waals surface area contributed by atoms with E-state index in [0.29, 0.717) is 5.56 Å². The van der Waals surface area contributed by atoms with Crippen LogP contribution in [-0.2, 0) is 16.6 Å². The summed E-state index contributed by atoms with van der Waals surface area (Å²) in [7, 11) is 0. The number of hydrogen-bond donors (Lipinski definition) is 1. The SMILES string of the molecule is CC(=O)C[C@@](C)(O)c1ccc(C(F)(F)F)cc1. The van der Waals surface area contributed by atoms with Crippen LogP contribution in [0, 0.1) is 0 Å². The van der Waals surface area contributed by atoms with E-state index in [-0.39, 0.29) is 12.2 Å². The molecule has 1 aromatic carbocycles. The highest BCUT2D eigenvalue weighted by atomic mass is 19.4. The van der Waals surface area contributed by atoms with E-state index in [4.69, 9.17) is 0 Å². The Balaban J connectivity index is 2.98. The highest BCUT2D eigenvalue weighted by Gasteiger charge is 2.31. The zero-order valence-electron chi connectivity index (χ0n) is 9.51. The smallest absolute Gasteiger partial charge is 0.385 e. The maximum absolute atomic E-state index is 12.3. The van der Waals surface area contributed by atoms with Crippen LogP contribution in [0.25, 0.3) is 0 Å². The van der Waals surface area contributed by atoms with Crippen LogP contribution in [0.4, 0.5) is 13.2 Å². The lowest BCUT2D eigenvalue weighted by Gasteiger charge is -2.22. The number of alkyl halides is 3. The number of Topliss-reactive ketones (excluding diaryl/α,β-unsaturated/α-hetero) is 1. The van der Waals surface area contributed by atoms with Crippen LogP contribution in [-0.4, -0.2) is 10.9 Å². The van der Waals surface area contributed by atoms with Crippen molar-refractivity contribution in [3.8, 4) is 0 Å². The lowest BCUT2D eigenvalue weighted by Crippen LogP contribution is -2.24. The van der Waals surface area contributed by atoms with Crippen molar-refractivity contribution in [1.82, 2.24) is 0 Å². The summed E-state index contributed by atoms with van der Waals surface area (Å²) < 4.78 is 36.9. The van der Waals surface area contributed by atoms with Crippen molar-refractivity contribution >= 4 is 5.78 Å². The molecule has 0 amide bonds. The van der Waals surface area contributed by atoms with E-state index in [1.165, 1.54) is 26.0 Å². The van der Waals surface area contributed by atoms with Gasteiger partial charge in [-0.15, -0.1) is 0 Å². The lowest BCUT2D eigenvalue weighted by atomic mass is 9.90. The summed E-state index contributed by atoms with van der Waals surface area (Å²) in [4.78, 5) is 10.9. The number of hydrogen-bond acceptors (Lipinski definition) is 2. The van der Waals surface area contributed by atoms with Crippen LogP contribution in [0.15, 0.2) is 24.3 Å². The molecule has 0 bridgehead atoms. The summed E-state index contributed by atoms with van der Waals surface area (Å²) in [5, 5.41) is 9.95. The Hall–Kier alpha value is -1.36. The quantitative estimate of drug-likeness (QED) is 0.890. The van der Waals surface area contributed by atoms with Crippen LogP contribution in [0.5, 0.6) is 0 Å². The molecule has 0 aliphatic carbocycles. The summed E-state index contributed by atoms with van der Waals surface area (Å²) in [6.45, 7) is 2.72. The van der Waals surface area contributed by atoms with Crippen molar-refractivity contribution in [3.63, 3.8) is 0 Å². The van der Waals surface area contributed by atoms with E-state index in [1.54, 1.807) is 0 Å². The van der Waals surface area contributed by atoms with Gasteiger partial charge in [0.15, 0.2) is 0 Å². The fraction of sp³-hybridized carbons (Fsp3) is 0.417. The Labute approximate surface area is 97.1 Å². The Morgan fingerprint density at radius 1 is 1.18 bits per heavy atom. The predicted octanol–water partition coefficient (Wildman–Crippen LogP) is 2.89. The van der Waals surface area contributed by atoms with E-state index in [1.807, 2.05) is 0 Å². The number of aliphatic hydroxyl groups is 1. The third-order valence-corrected chi connectivity index (χ3v) is 2.43. The molecule has 0 aliphatic rings. The molecule has 0 aromatic heterocycles. The van der Waals surface area contributed by atoms with Gasteiger partial charge in [-0.25, -0.2) is 0 Å². The number of carbonyl (C=O) groups excluding carboxylic acids is 1. The standard InChI is InChI=1S/C12H13F3O2/c1-8(16)7-11(2,17)9-3-5-10(6-4-9)12(13,14)15/h3-6,17H,7H2,1-2H3/t11-/m1/s1. The molecule has 0 fully saturated rings. The summed E-state index contributed by atoms with van der Waals surface area (Å²) >= 11 is 0. The minimum atomic E-state index is -4.40. The largest absolute Gasteiger partial charge is 0.416 e. The average molecular weight is 246 g/mol. The van der Waals surface area contributed by atoms with Gasteiger partial charge in [-0.3, -0.25) is 4.79 Å². The Bertz CT molecular complexity index is 405. The molecule has 0 aliphatic heterocycles. The van der Waals surface area contributed by atoms with Crippen LogP contribution in [0.1, 0.15) is 31.4 Å². The van der Waals surface area contributed by atoms with Gasteiger partial charge in [0.25, 0.3) is 0 Å². The highest BCUT2D eigenvalue weighted by molar-refractivity contribution is 5.76. The molecule has 1 rings (SSSR count). The van der Waals surface area contributed by atoms with Gasteiger partial charge in [-0.05, 0) is 31.5 Å². The molecule has 0 spiro atoms. The monoisotopic (exact) mass is 246 g/mol. The molecule has 17 heavy (non-hydrogen) atoms. The Morgan fingerprint density at radius 3 is 1.94 bits per heavy atom. The van der Waals surface area contributed by atoms with Crippen molar-refractivity contribution in [2.45, 2.75) is 32.0 Å². The minimum Gasteiger partial charge on any atom is -0.385 e. The van der Waals surface area contributed by atoms with Crippen LogP contribution < -0.4 is 0 Å². The van der Waals surface area contributed by atoms with E-state index in [2.05, 4.69) is 0 Å². The molecule has 94 valence electrons. The second-order valence-corrected chi connectivity index (χ2v) is 4.23. The first-order valence-electron chi connectivity index (χ1n) is 5.02. The van der Waals surface area contributed by atoms with Gasteiger partial charge in [-0.1, -0.05) is 12.1 Å². The molecule has 2 nitrogen and oxygen atoms in total. The molecular formula is C12H13F3O2.